The van der Waals surface area contributed by atoms with E-state index in [4.69, 9.17) is 11.6 Å². The van der Waals surface area contributed by atoms with Crippen LogP contribution in [0.3, 0.4) is 0 Å². The van der Waals surface area contributed by atoms with Gasteiger partial charge < -0.3 is 4.57 Å². The first kappa shape index (κ1) is 13.3. The van der Waals surface area contributed by atoms with Crippen LogP contribution in [0.4, 0.5) is 4.39 Å². The normalized spacial score (nSPS) is 28.6. The second-order valence-electron chi connectivity index (χ2n) is 6.03. The van der Waals surface area contributed by atoms with Gasteiger partial charge in [-0.2, -0.15) is 0 Å². The lowest BCUT2D eigenvalue weighted by molar-refractivity contribution is 0.331. The lowest BCUT2D eigenvalue weighted by Gasteiger charge is -2.25. The van der Waals surface area contributed by atoms with Gasteiger partial charge in [-0.15, -0.1) is 11.6 Å². The van der Waals surface area contributed by atoms with Gasteiger partial charge in [0, 0.05) is 12.1 Å². The Morgan fingerprint density at radius 1 is 1.35 bits per heavy atom. The van der Waals surface area contributed by atoms with Crippen LogP contribution in [0.2, 0.25) is 0 Å². The Balaban J connectivity index is 1.90. The van der Waals surface area contributed by atoms with Crippen LogP contribution in [0.15, 0.2) is 12.1 Å². The summed E-state index contributed by atoms with van der Waals surface area (Å²) in [5.41, 5.74) is 1.78. The van der Waals surface area contributed by atoms with Crippen LogP contribution in [0, 0.1) is 21.2 Å². The second-order valence-corrected chi connectivity index (χ2v) is 7.46. The molecule has 2 nitrogen and oxygen atoms in total. The van der Waals surface area contributed by atoms with E-state index in [9.17, 15) is 4.39 Å². The molecular formula is C15H15ClFIN2. The molecule has 1 aromatic carbocycles. The van der Waals surface area contributed by atoms with Crippen molar-refractivity contribution in [3.05, 3.63) is 27.3 Å². The molecule has 20 heavy (non-hydrogen) atoms. The van der Waals surface area contributed by atoms with Crippen molar-refractivity contribution in [3.63, 3.8) is 0 Å². The van der Waals surface area contributed by atoms with E-state index in [-0.39, 0.29) is 5.82 Å². The van der Waals surface area contributed by atoms with Crippen LogP contribution in [0.5, 0.6) is 0 Å². The quantitative estimate of drug-likeness (QED) is 0.515. The molecule has 0 N–H and O–H groups in total. The number of rotatable bonds is 2. The number of fused-ring (bicyclic) bond motifs is 3. The Labute approximate surface area is 135 Å². The fourth-order valence-electron chi connectivity index (χ4n) is 4.13. The van der Waals surface area contributed by atoms with Crippen molar-refractivity contribution in [1.29, 1.82) is 0 Å². The molecule has 2 aromatic rings. The molecule has 3 unspecified atom stereocenters. The van der Waals surface area contributed by atoms with Crippen molar-refractivity contribution in [1.82, 2.24) is 9.55 Å². The molecule has 5 heteroatoms. The Hall–Kier alpha value is -0.360. The van der Waals surface area contributed by atoms with Gasteiger partial charge in [-0.25, -0.2) is 9.37 Å². The monoisotopic (exact) mass is 404 g/mol. The topological polar surface area (TPSA) is 17.8 Å². The lowest BCUT2D eigenvalue weighted by atomic mass is 9.95. The Morgan fingerprint density at radius 3 is 2.85 bits per heavy atom. The molecule has 2 bridgehead atoms. The molecule has 106 valence electrons. The minimum Gasteiger partial charge on any atom is -0.323 e. The fraction of sp³-hybridized carbons (Fsp3) is 0.533. The molecule has 0 aliphatic heterocycles. The van der Waals surface area contributed by atoms with Gasteiger partial charge in [0.2, 0.25) is 0 Å². The molecule has 4 rings (SSSR count). The molecule has 1 aromatic heterocycles. The highest BCUT2D eigenvalue weighted by atomic mass is 127. The molecule has 0 spiro atoms. The molecular weight excluding hydrogens is 390 g/mol. The minimum atomic E-state index is -0.163. The van der Waals surface area contributed by atoms with Crippen molar-refractivity contribution < 1.29 is 4.39 Å². The molecule has 0 amide bonds. The highest BCUT2D eigenvalue weighted by Crippen LogP contribution is 2.51. The van der Waals surface area contributed by atoms with Gasteiger partial charge in [-0.05, 0) is 59.8 Å². The summed E-state index contributed by atoms with van der Waals surface area (Å²) in [4.78, 5) is 4.62. The zero-order valence-corrected chi connectivity index (χ0v) is 13.9. The molecule has 2 saturated carbocycles. The summed E-state index contributed by atoms with van der Waals surface area (Å²) in [6, 6.07) is 3.92. The van der Waals surface area contributed by atoms with E-state index in [1.807, 2.05) is 28.7 Å². The van der Waals surface area contributed by atoms with E-state index in [1.165, 1.54) is 25.7 Å². The van der Waals surface area contributed by atoms with Crippen molar-refractivity contribution in [2.24, 2.45) is 11.8 Å². The number of aromatic nitrogens is 2. The van der Waals surface area contributed by atoms with Crippen molar-refractivity contribution in [2.75, 3.05) is 0 Å². The van der Waals surface area contributed by atoms with Gasteiger partial charge in [0.15, 0.2) is 0 Å². The number of hydrogen-bond acceptors (Lipinski definition) is 1. The van der Waals surface area contributed by atoms with Crippen LogP contribution in [-0.2, 0) is 5.88 Å². The van der Waals surface area contributed by atoms with Gasteiger partial charge in [-0.1, -0.05) is 6.42 Å². The molecule has 2 aliphatic carbocycles. The average molecular weight is 405 g/mol. The molecule has 3 atom stereocenters. The SMILES string of the molecule is Fc1cc2c(cc1I)nc(CCl)n2C1CC2CCC1C2. The molecule has 2 fully saturated rings. The molecule has 2 aliphatic rings. The molecule has 0 saturated heterocycles. The lowest BCUT2D eigenvalue weighted by Crippen LogP contribution is -2.18. The van der Waals surface area contributed by atoms with E-state index in [0.717, 1.165) is 28.7 Å². The van der Waals surface area contributed by atoms with Crippen molar-refractivity contribution in [2.45, 2.75) is 37.6 Å². The summed E-state index contributed by atoms with van der Waals surface area (Å²) in [5.74, 6) is 2.69. The number of benzene rings is 1. The van der Waals surface area contributed by atoms with E-state index in [2.05, 4.69) is 9.55 Å². The first-order valence-corrected chi connectivity index (χ1v) is 8.70. The average Bonchev–Trinajstić information content (AvgIpc) is 3.12. The van der Waals surface area contributed by atoms with Crippen molar-refractivity contribution in [3.8, 4) is 0 Å². The summed E-state index contributed by atoms with van der Waals surface area (Å²) < 4.78 is 16.8. The highest BCUT2D eigenvalue weighted by Gasteiger charge is 2.41. The molecule has 1 heterocycles. The largest absolute Gasteiger partial charge is 0.323 e. The van der Waals surface area contributed by atoms with Gasteiger partial charge in [0.05, 0.1) is 20.5 Å². The summed E-state index contributed by atoms with van der Waals surface area (Å²) in [6.45, 7) is 0. The maximum atomic E-state index is 13.9. The Kier molecular flexibility index (Phi) is 3.22. The highest BCUT2D eigenvalue weighted by molar-refractivity contribution is 14.1. The predicted octanol–water partition coefficient (Wildman–Crippen LogP) is 4.88. The summed E-state index contributed by atoms with van der Waals surface area (Å²) in [7, 11) is 0. The zero-order chi connectivity index (χ0) is 13.9. The Bertz CT molecular complexity index is 684. The van der Waals surface area contributed by atoms with Crippen LogP contribution >= 0.6 is 34.2 Å². The van der Waals surface area contributed by atoms with Gasteiger partial charge >= 0.3 is 0 Å². The third-order valence-electron chi connectivity index (χ3n) is 4.96. The first-order valence-electron chi connectivity index (χ1n) is 7.09. The maximum Gasteiger partial charge on any atom is 0.138 e. The zero-order valence-electron chi connectivity index (χ0n) is 11.0. The van der Waals surface area contributed by atoms with E-state index >= 15 is 0 Å². The summed E-state index contributed by atoms with van der Waals surface area (Å²) in [6.07, 6.45) is 5.17. The van der Waals surface area contributed by atoms with Crippen LogP contribution in [-0.4, -0.2) is 9.55 Å². The van der Waals surface area contributed by atoms with E-state index in [1.54, 1.807) is 6.07 Å². The number of nitrogens with zero attached hydrogens (tertiary/aromatic N) is 2. The summed E-state index contributed by atoms with van der Waals surface area (Å²) >= 11 is 8.10. The second kappa shape index (κ2) is 4.83. The molecule has 0 radical (unpaired) electrons. The third-order valence-corrected chi connectivity index (χ3v) is 6.02. The van der Waals surface area contributed by atoms with E-state index < -0.39 is 0 Å². The van der Waals surface area contributed by atoms with Crippen LogP contribution < -0.4 is 0 Å². The van der Waals surface area contributed by atoms with Crippen LogP contribution in [0.25, 0.3) is 11.0 Å². The number of halogens is 3. The number of alkyl halides is 1. The minimum absolute atomic E-state index is 0.163. The maximum absolute atomic E-state index is 13.9. The van der Waals surface area contributed by atoms with Crippen LogP contribution in [0.1, 0.15) is 37.5 Å². The summed E-state index contributed by atoms with van der Waals surface area (Å²) in [5, 5.41) is 0. The van der Waals surface area contributed by atoms with Gasteiger partial charge in [0.1, 0.15) is 11.6 Å². The number of imidazole rings is 1. The number of hydrogen-bond donors (Lipinski definition) is 0. The Morgan fingerprint density at radius 2 is 2.20 bits per heavy atom. The smallest absolute Gasteiger partial charge is 0.138 e. The standard InChI is InChI=1S/C15H15ClFIN2/c16-7-15-19-12-6-11(18)10(17)5-14(12)20(15)13-4-8-1-2-9(13)3-8/h5-6,8-9,13H,1-4,7H2. The van der Waals surface area contributed by atoms with Gasteiger partial charge in [0.25, 0.3) is 0 Å². The van der Waals surface area contributed by atoms with Gasteiger partial charge in [-0.3, -0.25) is 0 Å². The van der Waals surface area contributed by atoms with E-state index in [0.29, 0.717) is 15.5 Å². The first-order chi connectivity index (χ1) is 9.67. The predicted molar refractivity (Wildman–Crippen MR) is 86.5 cm³/mol. The third kappa shape index (κ3) is 1.90. The fourth-order valence-corrected chi connectivity index (χ4v) is 4.77. The van der Waals surface area contributed by atoms with Crippen molar-refractivity contribution >= 4 is 45.2 Å².